The zero-order valence-electron chi connectivity index (χ0n) is 30.2. The molecule has 2 fully saturated rings. The van der Waals surface area contributed by atoms with Crippen LogP contribution < -0.4 is 25.6 Å². The average Bonchev–Trinajstić information content (AvgIpc) is 3.08. The molecule has 1 aromatic heterocycles. The zero-order valence-corrected chi connectivity index (χ0v) is 32.7. The molecule has 2 saturated heterocycles. The van der Waals surface area contributed by atoms with Gasteiger partial charge in [-0.2, -0.15) is 13.4 Å². The quantitative estimate of drug-likeness (QED) is 0.163. The molecule has 0 amide bonds. The van der Waals surface area contributed by atoms with Gasteiger partial charge in [-0.05, 0) is 70.2 Å². The van der Waals surface area contributed by atoms with Crippen LogP contribution in [0.4, 0.5) is 28.8 Å². The summed E-state index contributed by atoms with van der Waals surface area (Å²) >= 11 is 6.50. The minimum absolute atomic E-state index is 0.158. The molecule has 0 unspecified atom stereocenters. The van der Waals surface area contributed by atoms with Crippen molar-refractivity contribution in [1.82, 2.24) is 19.8 Å². The number of ether oxygens (including phenoxy) is 1. The van der Waals surface area contributed by atoms with Gasteiger partial charge in [-0.15, -0.1) is 0 Å². The number of benzene rings is 2. The van der Waals surface area contributed by atoms with Gasteiger partial charge in [-0.25, -0.2) is 4.98 Å². The molecular weight excluding hydrogens is 697 g/mol. The van der Waals surface area contributed by atoms with Gasteiger partial charge in [0.25, 0.3) is 10.1 Å². The number of aromatic nitrogens is 2. The molecule has 0 atom stereocenters. The molecule has 2 aliphatic heterocycles. The van der Waals surface area contributed by atoms with Crippen LogP contribution in [0.2, 0.25) is 5.02 Å². The van der Waals surface area contributed by atoms with Gasteiger partial charge >= 0.3 is 0 Å². The molecule has 0 saturated carbocycles. The standard InChI is InChI=1S/C35H51ClN7O5PS/c1-8-25-21-29(39-34-37-23-27(36)33(40-34)38-28-11-9-10-12-32(28)49(5,6)44)31(47-4)22-30(25)42-15-13-26(14-16-42)41-17-19-43(20-18-41)35(2,3)24-48-50(7,45)46/h9-12,21-23,26H,8,13-20,24H2,1-7H3,(H2,37,38,39,40). The predicted octanol–water partition coefficient (Wildman–Crippen LogP) is 5.78. The van der Waals surface area contributed by atoms with Gasteiger partial charge in [0.15, 0.2) is 5.82 Å². The number of para-hydroxylation sites is 1. The topological polar surface area (TPSA) is 129 Å². The summed E-state index contributed by atoms with van der Waals surface area (Å²) in [4.78, 5) is 16.5. The molecule has 2 N–H and O–H groups in total. The summed E-state index contributed by atoms with van der Waals surface area (Å²) in [7, 11) is -4.35. The van der Waals surface area contributed by atoms with E-state index in [0.29, 0.717) is 34.3 Å². The molecule has 12 nitrogen and oxygen atoms in total. The summed E-state index contributed by atoms with van der Waals surface area (Å²) in [5, 5.41) is 7.66. The Labute approximate surface area is 302 Å². The van der Waals surface area contributed by atoms with Crippen molar-refractivity contribution in [2.24, 2.45) is 0 Å². The van der Waals surface area contributed by atoms with Crippen LogP contribution in [0.5, 0.6) is 5.75 Å². The van der Waals surface area contributed by atoms with Crippen LogP contribution in [0.25, 0.3) is 0 Å². The highest BCUT2D eigenvalue weighted by Gasteiger charge is 2.34. The maximum atomic E-state index is 12.9. The lowest BCUT2D eigenvalue weighted by atomic mass is 9.98. The van der Waals surface area contributed by atoms with E-state index in [1.54, 1.807) is 26.6 Å². The average molecular weight is 748 g/mol. The third-order valence-corrected chi connectivity index (χ3v) is 12.0. The highest BCUT2D eigenvalue weighted by atomic mass is 35.5. The van der Waals surface area contributed by atoms with Crippen LogP contribution in [0.1, 0.15) is 39.2 Å². The lowest BCUT2D eigenvalue weighted by Gasteiger charge is -2.47. The number of aryl methyl sites for hydroxylation is 1. The summed E-state index contributed by atoms with van der Waals surface area (Å²) in [6.45, 7) is 15.4. The number of nitrogens with one attached hydrogen (secondary N) is 2. The Bertz CT molecular complexity index is 1810. The van der Waals surface area contributed by atoms with E-state index in [4.69, 9.17) is 20.5 Å². The molecular formula is C35H51ClN7O5PS. The molecule has 50 heavy (non-hydrogen) atoms. The van der Waals surface area contributed by atoms with Gasteiger partial charge in [0, 0.05) is 67.9 Å². The molecule has 274 valence electrons. The van der Waals surface area contributed by atoms with Crippen LogP contribution in [0.3, 0.4) is 0 Å². The maximum Gasteiger partial charge on any atom is 0.264 e. The molecule has 0 aliphatic carbocycles. The monoisotopic (exact) mass is 747 g/mol. The van der Waals surface area contributed by atoms with E-state index in [0.717, 1.165) is 75.8 Å². The van der Waals surface area contributed by atoms with Gasteiger partial charge in [-0.3, -0.25) is 14.0 Å². The second kappa shape index (κ2) is 15.8. The first-order valence-electron chi connectivity index (χ1n) is 17.1. The molecule has 15 heteroatoms. The summed E-state index contributed by atoms with van der Waals surface area (Å²) in [5.74, 6) is 1.45. The predicted molar refractivity (Wildman–Crippen MR) is 205 cm³/mol. The third-order valence-electron chi connectivity index (χ3n) is 9.63. The van der Waals surface area contributed by atoms with E-state index < -0.39 is 17.3 Å². The number of hydrogen-bond donors (Lipinski definition) is 2. The minimum atomic E-state index is -3.47. The fourth-order valence-electron chi connectivity index (χ4n) is 6.78. The Balaban J connectivity index is 1.24. The molecule has 0 bridgehead atoms. The second-order valence-electron chi connectivity index (χ2n) is 14.1. The smallest absolute Gasteiger partial charge is 0.264 e. The number of nitrogens with zero attached hydrogens (tertiary/aromatic N) is 5. The van der Waals surface area contributed by atoms with E-state index in [1.165, 1.54) is 11.3 Å². The number of anilines is 5. The van der Waals surface area contributed by atoms with E-state index in [1.807, 2.05) is 38.1 Å². The van der Waals surface area contributed by atoms with Crippen LogP contribution in [0.15, 0.2) is 42.6 Å². The first-order valence-corrected chi connectivity index (χ1v) is 21.9. The SMILES string of the molecule is CCc1cc(Nc2ncc(Cl)c(Nc3ccccc3P(C)(C)=O)n2)c(OC)cc1N1CCC(N2CCN(C(C)(C)COS(C)(=O)=O)CC2)CC1. The first kappa shape index (κ1) is 38.3. The van der Waals surface area contributed by atoms with E-state index in [2.05, 4.69) is 54.4 Å². The van der Waals surface area contributed by atoms with Crippen molar-refractivity contribution in [1.29, 1.82) is 0 Å². The summed E-state index contributed by atoms with van der Waals surface area (Å²) in [6.07, 6.45) is 5.61. The van der Waals surface area contributed by atoms with Crippen LogP contribution in [0, 0.1) is 0 Å². The molecule has 2 aliphatic rings. The number of rotatable bonds is 13. The fourth-order valence-corrected chi connectivity index (χ4v) is 8.57. The highest BCUT2D eigenvalue weighted by molar-refractivity contribution is 7.86. The number of hydrogen-bond acceptors (Lipinski definition) is 12. The van der Waals surface area contributed by atoms with Gasteiger partial charge < -0.3 is 24.8 Å². The largest absolute Gasteiger partial charge is 0.494 e. The van der Waals surface area contributed by atoms with Crippen molar-refractivity contribution >= 4 is 63.0 Å². The number of methoxy groups -OCH3 is 1. The summed E-state index contributed by atoms with van der Waals surface area (Å²) in [6, 6.07) is 12.2. The zero-order chi connectivity index (χ0) is 36.3. The Kier molecular flexibility index (Phi) is 12.1. The Morgan fingerprint density at radius 2 is 1.70 bits per heavy atom. The molecule has 3 heterocycles. The van der Waals surface area contributed by atoms with Crippen molar-refractivity contribution < 1.29 is 21.9 Å². The van der Waals surface area contributed by atoms with E-state index >= 15 is 0 Å². The minimum Gasteiger partial charge on any atom is -0.494 e. The second-order valence-corrected chi connectivity index (χ2v) is 19.3. The van der Waals surface area contributed by atoms with Crippen molar-refractivity contribution in [3.8, 4) is 5.75 Å². The van der Waals surface area contributed by atoms with Crippen molar-refractivity contribution in [2.45, 2.75) is 51.6 Å². The maximum absolute atomic E-state index is 12.9. The van der Waals surface area contributed by atoms with Gasteiger partial charge in [0.05, 0.1) is 37.5 Å². The number of piperidine rings is 1. The van der Waals surface area contributed by atoms with Gasteiger partial charge in [-0.1, -0.05) is 30.7 Å². The molecule has 0 radical (unpaired) electrons. The van der Waals surface area contributed by atoms with E-state index in [9.17, 15) is 13.0 Å². The van der Waals surface area contributed by atoms with Crippen molar-refractivity contribution in [3.05, 3.63) is 53.2 Å². The molecule has 2 aromatic carbocycles. The third kappa shape index (κ3) is 9.48. The van der Waals surface area contributed by atoms with Crippen molar-refractivity contribution in [3.63, 3.8) is 0 Å². The van der Waals surface area contributed by atoms with E-state index in [-0.39, 0.29) is 12.1 Å². The fraction of sp³-hybridized carbons (Fsp3) is 0.543. The lowest BCUT2D eigenvalue weighted by Crippen LogP contribution is -2.59. The number of halogens is 1. The first-order chi connectivity index (χ1) is 23.6. The Morgan fingerprint density at radius 1 is 1.02 bits per heavy atom. The summed E-state index contributed by atoms with van der Waals surface area (Å²) < 4.78 is 47.0. The van der Waals surface area contributed by atoms with Crippen LogP contribution in [-0.4, -0.2) is 112 Å². The highest BCUT2D eigenvalue weighted by Crippen LogP contribution is 2.40. The summed E-state index contributed by atoms with van der Waals surface area (Å²) in [5.41, 5.74) is 3.46. The lowest BCUT2D eigenvalue weighted by molar-refractivity contribution is 0.00876. The molecule has 3 aromatic rings. The van der Waals surface area contributed by atoms with Gasteiger partial charge in [0.1, 0.15) is 17.9 Å². The normalized spacial score (nSPS) is 17.2. The van der Waals surface area contributed by atoms with Crippen LogP contribution in [-0.2, 0) is 25.3 Å². The Hall–Kier alpha value is -2.93. The van der Waals surface area contributed by atoms with Gasteiger partial charge in [0.2, 0.25) is 5.95 Å². The number of piperazine rings is 1. The molecule has 0 spiro atoms. The van der Waals surface area contributed by atoms with Crippen LogP contribution >= 0.6 is 18.7 Å². The molecule has 5 rings (SSSR count). The van der Waals surface area contributed by atoms with Crippen molar-refractivity contribution in [2.75, 3.05) is 88.1 Å². The Morgan fingerprint density at radius 3 is 2.32 bits per heavy atom.